The summed E-state index contributed by atoms with van der Waals surface area (Å²) in [5.74, 6) is 0.156. The van der Waals surface area contributed by atoms with Crippen molar-refractivity contribution in [2.75, 3.05) is 6.61 Å². The van der Waals surface area contributed by atoms with Gasteiger partial charge in [0.2, 0.25) is 0 Å². The quantitative estimate of drug-likeness (QED) is 0.192. The molecule has 1 heterocycles. The molecule has 0 fully saturated rings. The molecule has 6 nitrogen and oxygen atoms in total. The first-order valence-electron chi connectivity index (χ1n) is 10.2. The summed E-state index contributed by atoms with van der Waals surface area (Å²) in [5.41, 5.74) is 2.31. The average molecular weight is 415 g/mol. The molecule has 0 saturated heterocycles. The van der Waals surface area contributed by atoms with Crippen molar-refractivity contribution in [1.82, 2.24) is 0 Å². The summed E-state index contributed by atoms with van der Waals surface area (Å²) in [6.45, 7) is 2.65. The fraction of sp³-hybridized carbons (Fsp3) is 0.240. The lowest BCUT2D eigenvalue weighted by molar-refractivity contribution is -0.129. The third kappa shape index (κ3) is 4.36. The molecule has 1 aliphatic rings. The molecule has 0 atom stereocenters. The molecule has 1 aliphatic carbocycles. The summed E-state index contributed by atoms with van der Waals surface area (Å²) in [6, 6.07) is 13.9. The van der Waals surface area contributed by atoms with Crippen LogP contribution in [0.4, 0.5) is 0 Å². The molecular formula is C25H21NO5. The number of hydrogen-bond donors (Lipinski definition) is 0. The van der Waals surface area contributed by atoms with E-state index in [2.05, 4.69) is 0 Å². The molecule has 0 aliphatic heterocycles. The van der Waals surface area contributed by atoms with Gasteiger partial charge in [-0.05, 0) is 67.2 Å². The Hall–Kier alpha value is -3.85. The highest BCUT2D eigenvalue weighted by Gasteiger charge is 2.20. The Labute approximate surface area is 179 Å². The zero-order valence-corrected chi connectivity index (χ0v) is 17.1. The maximum Gasteiger partial charge on any atom is 0.354 e. The van der Waals surface area contributed by atoms with Gasteiger partial charge in [-0.25, -0.2) is 9.59 Å². The molecule has 0 spiro atoms. The Morgan fingerprint density at radius 3 is 2.61 bits per heavy atom. The fourth-order valence-corrected chi connectivity index (χ4v) is 3.67. The first kappa shape index (κ1) is 20.4. The van der Waals surface area contributed by atoms with Gasteiger partial charge in [0, 0.05) is 17.0 Å². The van der Waals surface area contributed by atoms with E-state index >= 15 is 0 Å². The number of aryl methyl sites for hydroxylation is 1. The molecule has 1 aromatic heterocycles. The van der Waals surface area contributed by atoms with Crippen LogP contribution in [0.25, 0.3) is 17.0 Å². The number of esters is 1. The maximum absolute atomic E-state index is 12.5. The Morgan fingerprint density at radius 1 is 1.13 bits per heavy atom. The zero-order valence-electron chi connectivity index (χ0n) is 17.1. The predicted molar refractivity (Wildman–Crippen MR) is 116 cm³/mol. The smallest absolute Gasteiger partial charge is 0.354 e. The molecule has 0 bridgehead atoms. The van der Waals surface area contributed by atoms with Crippen molar-refractivity contribution < 1.29 is 18.7 Å². The normalized spacial score (nSPS) is 13.0. The number of fused-ring (bicyclic) bond motifs is 3. The van der Waals surface area contributed by atoms with E-state index in [1.54, 1.807) is 36.4 Å². The van der Waals surface area contributed by atoms with Crippen molar-refractivity contribution in [2.24, 2.45) is 0 Å². The molecule has 4 rings (SSSR count). The third-order valence-corrected chi connectivity index (χ3v) is 5.16. The van der Waals surface area contributed by atoms with Crippen molar-refractivity contribution in [1.29, 1.82) is 5.26 Å². The lowest BCUT2D eigenvalue weighted by Crippen LogP contribution is -2.10. The average Bonchev–Trinajstić information content (AvgIpc) is 3.27. The molecule has 31 heavy (non-hydrogen) atoms. The van der Waals surface area contributed by atoms with E-state index in [-0.39, 0.29) is 16.9 Å². The van der Waals surface area contributed by atoms with Crippen LogP contribution in [0.3, 0.4) is 0 Å². The van der Waals surface area contributed by atoms with E-state index < -0.39 is 5.97 Å². The summed E-state index contributed by atoms with van der Waals surface area (Å²) in [6.07, 6.45) is 4.86. The second kappa shape index (κ2) is 8.88. The SMILES string of the molecule is CCCOc1ccc(/C=C(/C#N)C(=O)Oc2ccc3c4c(c(=O)oc3c2)CCC4)cc1. The molecule has 0 N–H and O–H groups in total. The van der Waals surface area contributed by atoms with E-state index in [1.165, 1.54) is 12.1 Å². The molecule has 0 saturated carbocycles. The van der Waals surface area contributed by atoms with E-state index in [9.17, 15) is 14.9 Å². The highest BCUT2D eigenvalue weighted by molar-refractivity contribution is 5.99. The number of carbonyl (C=O) groups is 1. The minimum Gasteiger partial charge on any atom is -0.494 e. The molecule has 0 radical (unpaired) electrons. The summed E-state index contributed by atoms with van der Waals surface area (Å²) < 4.78 is 16.3. The topological polar surface area (TPSA) is 89.5 Å². The Balaban J connectivity index is 1.54. The largest absolute Gasteiger partial charge is 0.494 e. The Bertz CT molecular complexity index is 1260. The van der Waals surface area contributed by atoms with E-state index in [1.807, 2.05) is 13.0 Å². The summed E-state index contributed by atoms with van der Waals surface area (Å²) in [7, 11) is 0. The maximum atomic E-state index is 12.5. The minimum absolute atomic E-state index is 0.141. The van der Waals surface area contributed by atoms with Crippen LogP contribution in [-0.2, 0) is 17.6 Å². The van der Waals surface area contributed by atoms with Crippen molar-refractivity contribution in [2.45, 2.75) is 32.6 Å². The van der Waals surface area contributed by atoms with Crippen LogP contribution in [0, 0.1) is 11.3 Å². The predicted octanol–water partition coefficient (Wildman–Crippen LogP) is 4.58. The van der Waals surface area contributed by atoms with Crippen LogP contribution in [0.5, 0.6) is 11.5 Å². The van der Waals surface area contributed by atoms with E-state index in [0.29, 0.717) is 17.8 Å². The summed E-state index contributed by atoms with van der Waals surface area (Å²) >= 11 is 0. The van der Waals surface area contributed by atoms with Crippen LogP contribution in [-0.4, -0.2) is 12.6 Å². The molecular weight excluding hydrogens is 394 g/mol. The second-order valence-corrected chi connectivity index (χ2v) is 7.33. The minimum atomic E-state index is -0.781. The van der Waals surface area contributed by atoms with Crippen molar-refractivity contribution in [3.63, 3.8) is 0 Å². The van der Waals surface area contributed by atoms with Gasteiger partial charge in [-0.1, -0.05) is 19.1 Å². The molecule has 0 unspecified atom stereocenters. The number of hydrogen-bond acceptors (Lipinski definition) is 6. The van der Waals surface area contributed by atoms with Crippen LogP contribution >= 0.6 is 0 Å². The molecule has 2 aromatic carbocycles. The van der Waals surface area contributed by atoms with Gasteiger partial charge in [0.25, 0.3) is 0 Å². The lowest BCUT2D eigenvalue weighted by Gasteiger charge is -2.07. The van der Waals surface area contributed by atoms with Crippen LogP contribution < -0.4 is 15.1 Å². The Morgan fingerprint density at radius 2 is 1.87 bits per heavy atom. The Kier molecular flexibility index (Phi) is 5.85. The highest BCUT2D eigenvalue weighted by atomic mass is 16.5. The van der Waals surface area contributed by atoms with Crippen molar-refractivity contribution in [3.05, 3.63) is 75.1 Å². The van der Waals surface area contributed by atoms with Crippen LogP contribution in [0.2, 0.25) is 0 Å². The van der Waals surface area contributed by atoms with Crippen molar-refractivity contribution >= 4 is 23.0 Å². The van der Waals surface area contributed by atoms with Gasteiger partial charge in [0.1, 0.15) is 28.7 Å². The van der Waals surface area contributed by atoms with Crippen LogP contribution in [0.1, 0.15) is 36.5 Å². The molecule has 3 aromatic rings. The van der Waals surface area contributed by atoms with Crippen LogP contribution in [0.15, 0.2) is 57.2 Å². The molecule has 0 amide bonds. The number of nitriles is 1. The van der Waals surface area contributed by atoms with Gasteiger partial charge in [0.05, 0.1) is 6.61 Å². The monoisotopic (exact) mass is 415 g/mol. The van der Waals surface area contributed by atoms with Gasteiger partial charge in [-0.2, -0.15) is 5.26 Å². The van der Waals surface area contributed by atoms with Gasteiger partial charge < -0.3 is 13.9 Å². The number of nitrogens with zero attached hydrogens (tertiary/aromatic N) is 1. The third-order valence-electron chi connectivity index (χ3n) is 5.16. The standard InChI is InChI=1S/C25H21NO5/c1-2-12-29-18-8-6-16(7-9-18)13-17(15-26)24(27)30-19-10-11-21-20-4-3-5-22(20)25(28)31-23(21)14-19/h6-11,13-14H,2-5,12H2,1H3/b17-13-. The second-order valence-electron chi connectivity index (χ2n) is 7.33. The number of ether oxygens (including phenoxy) is 2. The zero-order chi connectivity index (χ0) is 21.8. The van der Waals surface area contributed by atoms with Gasteiger partial charge in [0.15, 0.2) is 0 Å². The number of benzene rings is 2. The van der Waals surface area contributed by atoms with Gasteiger partial charge in [-0.3, -0.25) is 0 Å². The number of rotatable bonds is 6. The number of carbonyl (C=O) groups excluding carboxylic acids is 1. The summed E-state index contributed by atoms with van der Waals surface area (Å²) in [4.78, 5) is 24.7. The first-order chi connectivity index (χ1) is 15.1. The summed E-state index contributed by atoms with van der Waals surface area (Å²) in [5, 5.41) is 10.3. The van der Waals surface area contributed by atoms with E-state index in [0.717, 1.165) is 47.9 Å². The highest BCUT2D eigenvalue weighted by Crippen LogP contribution is 2.30. The molecule has 156 valence electrons. The van der Waals surface area contributed by atoms with Gasteiger partial charge >= 0.3 is 11.6 Å². The molecule has 6 heteroatoms. The van der Waals surface area contributed by atoms with Crippen molar-refractivity contribution in [3.8, 4) is 17.6 Å². The first-order valence-corrected chi connectivity index (χ1v) is 10.2. The van der Waals surface area contributed by atoms with E-state index in [4.69, 9.17) is 13.9 Å². The van der Waals surface area contributed by atoms with Gasteiger partial charge in [-0.15, -0.1) is 0 Å². The fourth-order valence-electron chi connectivity index (χ4n) is 3.67. The lowest BCUT2D eigenvalue weighted by atomic mass is 10.1.